The first-order valence-electron chi connectivity index (χ1n) is 7.31. The molecule has 5 heteroatoms. The van der Waals surface area contributed by atoms with Gasteiger partial charge in [0.25, 0.3) is 5.91 Å². The van der Waals surface area contributed by atoms with E-state index in [1.54, 1.807) is 0 Å². The second-order valence-electron chi connectivity index (χ2n) is 5.44. The number of benzene rings is 1. The summed E-state index contributed by atoms with van der Waals surface area (Å²) >= 11 is 6.00. The van der Waals surface area contributed by atoms with Crippen LogP contribution in [0.4, 0.5) is 0 Å². The van der Waals surface area contributed by atoms with Crippen LogP contribution < -0.4 is 5.32 Å². The van der Waals surface area contributed by atoms with E-state index in [1.807, 2.05) is 24.3 Å². The molecule has 2 N–H and O–H groups in total. The van der Waals surface area contributed by atoms with Gasteiger partial charge in [-0.1, -0.05) is 31.0 Å². The van der Waals surface area contributed by atoms with Gasteiger partial charge >= 0.3 is 0 Å². The zero-order valence-corrected chi connectivity index (χ0v) is 12.7. The molecule has 0 radical (unpaired) electrons. The Kier molecular flexibility index (Phi) is 3.97. The van der Waals surface area contributed by atoms with E-state index in [9.17, 15) is 4.79 Å². The summed E-state index contributed by atoms with van der Waals surface area (Å²) in [5, 5.41) is 10.8. The monoisotopic (exact) mass is 303 g/mol. The molecule has 1 aliphatic carbocycles. The standard InChI is InChI=1S/C16H18ClN3O/c1-2-3-12-9-15(20-19-12)16(21)18-14-7-4-10-8-11(17)5-6-13(10)14/h5-6,8-9,14H,2-4,7H2,1H3,(H,18,21)(H,19,20). The van der Waals surface area contributed by atoms with Crippen LogP contribution in [0.3, 0.4) is 0 Å². The molecule has 110 valence electrons. The van der Waals surface area contributed by atoms with E-state index in [0.717, 1.165) is 42.0 Å². The predicted molar refractivity (Wildman–Crippen MR) is 82.6 cm³/mol. The fourth-order valence-electron chi connectivity index (χ4n) is 2.84. The quantitative estimate of drug-likeness (QED) is 0.909. The Bertz CT molecular complexity index is 665. The number of nitrogens with zero attached hydrogens (tertiary/aromatic N) is 1. The fourth-order valence-corrected chi connectivity index (χ4v) is 3.04. The summed E-state index contributed by atoms with van der Waals surface area (Å²) in [6.45, 7) is 2.10. The Morgan fingerprint density at radius 1 is 1.48 bits per heavy atom. The van der Waals surface area contributed by atoms with Crippen molar-refractivity contribution in [2.45, 2.75) is 38.6 Å². The van der Waals surface area contributed by atoms with Gasteiger partial charge in [0.15, 0.2) is 0 Å². The van der Waals surface area contributed by atoms with Gasteiger partial charge in [-0.15, -0.1) is 0 Å². The Hall–Kier alpha value is -1.81. The molecular weight excluding hydrogens is 286 g/mol. The lowest BCUT2D eigenvalue weighted by Gasteiger charge is -2.13. The van der Waals surface area contributed by atoms with Gasteiger partial charge in [-0.2, -0.15) is 5.10 Å². The molecular formula is C16H18ClN3O. The van der Waals surface area contributed by atoms with Crippen molar-refractivity contribution in [2.75, 3.05) is 0 Å². The van der Waals surface area contributed by atoms with E-state index >= 15 is 0 Å². The number of hydrogen-bond acceptors (Lipinski definition) is 2. The van der Waals surface area contributed by atoms with Crippen molar-refractivity contribution in [3.8, 4) is 0 Å². The molecule has 4 nitrogen and oxygen atoms in total. The first kappa shape index (κ1) is 14.1. The van der Waals surface area contributed by atoms with E-state index in [4.69, 9.17) is 11.6 Å². The largest absolute Gasteiger partial charge is 0.344 e. The molecule has 1 aliphatic rings. The van der Waals surface area contributed by atoms with Crippen LogP contribution in [0.15, 0.2) is 24.3 Å². The predicted octanol–water partition coefficient (Wildman–Crippen LogP) is 3.43. The highest BCUT2D eigenvalue weighted by Crippen LogP contribution is 2.32. The molecule has 0 fully saturated rings. The maximum atomic E-state index is 12.3. The minimum atomic E-state index is -0.124. The lowest BCUT2D eigenvalue weighted by atomic mass is 10.1. The molecule has 1 atom stereocenters. The third-order valence-electron chi connectivity index (χ3n) is 3.87. The number of amides is 1. The average Bonchev–Trinajstić information content (AvgIpc) is 3.06. The van der Waals surface area contributed by atoms with Gasteiger partial charge in [0.05, 0.1) is 6.04 Å². The Balaban J connectivity index is 1.71. The molecule has 3 rings (SSSR count). The number of fused-ring (bicyclic) bond motifs is 1. The van der Waals surface area contributed by atoms with Crippen LogP contribution in [-0.2, 0) is 12.8 Å². The van der Waals surface area contributed by atoms with Crippen LogP contribution in [0, 0.1) is 0 Å². The van der Waals surface area contributed by atoms with Gasteiger partial charge in [-0.05, 0) is 48.6 Å². The van der Waals surface area contributed by atoms with Crippen LogP contribution >= 0.6 is 11.6 Å². The number of carbonyl (C=O) groups is 1. The van der Waals surface area contributed by atoms with Crippen LogP contribution in [0.1, 0.15) is 53.1 Å². The average molecular weight is 304 g/mol. The highest BCUT2D eigenvalue weighted by Gasteiger charge is 2.25. The van der Waals surface area contributed by atoms with Gasteiger partial charge in [0, 0.05) is 10.7 Å². The van der Waals surface area contributed by atoms with Crippen molar-refractivity contribution in [3.63, 3.8) is 0 Å². The number of H-pyrrole nitrogens is 1. The van der Waals surface area contributed by atoms with Gasteiger partial charge in [-0.3, -0.25) is 9.89 Å². The third-order valence-corrected chi connectivity index (χ3v) is 4.11. The Labute approximate surface area is 128 Å². The van der Waals surface area contributed by atoms with Crippen LogP contribution in [0.5, 0.6) is 0 Å². The van der Waals surface area contributed by atoms with Crippen molar-refractivity contribution < 1.29 is 4.79 Å². The minimum Gasteiger partial charge on any atom is -0.344 e. The van der Waals surface area contributed by atoms with E-state index in [0.29, 0.717) is 5.69 Å². The maximum absolute atomic E-state index is 12.3. The van der Waals surface area contributed by atoms with Crippen LogP contribution in [-0.4, -0.2) is 16.1 Å². The number of nitrogens with one attached hydrogen (secondary N) is 2. The first-order valence-corrected chi connectivity index (χ1v) is 7.68. The summed E-state index contributed by atoms with van der Waals surface area (Å²) in [5.41, 5.74) is 3.85. The molecule has 1 aromatic heterocycles. The van der Waals surface area contributed by atoms with Gasteiger partial charge < -0.3 is 5.32 Å². The number of aryl methyl sites for hydroxylation is 2. The number of hydrogen-bond donors (Lipinski definition) is 2. The smallest absolute Gasteiger partial charge is 0.272 e. The zero-order chi connectivity index (χ0) is 14.8. The van der Waals surface area contributed by atoms with Gasteiger partial charge in [0.2, 0.25) is 0 Å². The molecule has 1 aromatic carbocycles. The number of rotatable bonds is 4. The zero-order valence-electron chi connectivity index (χ0n) is 11.9. The summed E-state index contributed by atoms with van der Waals surface area (Å²) in [5.74, 6) is -0.124. The molecule has 0 saturated carbocycles. The van der Waals surface area contributed by atoms with E-state index in [2.05, 4.69) is 22.4 Å². The highest BCUT2D eigenvalue weighted by atomic mass is 35.5. The Morgan fingerprint density at radius 3 is 3.14 bits per heavy atom. The van der Waals surface area contributed by atoms with Crippen molar-refractivity contribution in [1.82, 2.24) is 15.5 Å². The lowest BCUT2D eigenvalue weighted by Crippen LogP contribution is -2.27. The van der Waals surface area contributed by atoms with Crippen LogP contribution in [0.25, 0.3) is 0 Å². The summed E-state index contributed by atoms with van der Waals surface area (Å²) in [6.07, 6.45) is 3.79. The summed E-state index contributed by atoms with van der Waals surface area (Å²) in [7, 11) is 0. The molecule has 1 heterocycles. The summed E-state index contributed by atoms with van der Waals surface area (Å²) in [4.78, 5) is 12.3. The third kappa shape index (κ3) is 2.95. The molecule has 0 aliphatic heterocycles. The van der Waals surface area contributed by atoms with E-state index < -0.39 is 0 Å². The van der Waals surface area contributed by atoms with Crippen molar-refractivity contribution in [1.29, 1.82) is 0 Å². The molecule has 1 amide bonds. The second kappa shape index (κ2) is 5.90. The van der Waals surface area contributed by atoms with Crippen molar-refractivity contribution >= 4 is 17.5 Å². The molecule has 0 bridgehead atoms. The summed E-state index contributed by atoms with van der Waals surface area (Å²) < 4.78 is 0. The van der Waals surface area contributed by atoms with Gasteiger partial charge in [0.1, 0.15) is 5.69 Å². The minimum absolute atomic E-state index is 0.0519. The Morgan fingerprint density at radius 2 is 2.33 bits per heavy atom. The molecule has 0 spiro atoms. The fraction of sp³-hybridized carbons (Fsp3) is 0.375. The normalized spacial score (nSPS) is 16.8. The highest BCUT2D eigenvalue weighted by molar-refractivity contribution is 6.30. The maximum Gasteiger partial charge on any atom is 0.272 e. The number of carbonyl (C=O) groups excluding carboxylic acids is 1. The molecule has 21 heavy (non-hydrogen) atoms. The SMILES string of the molecule is CCCc1cc(C(=O)NC2CCc3cc(Cl)ccc32)n[nH]1. The van der Waals surface area contributed by atoms with Crippen LogP contribution in [0.2, 0.25) is 5.02 Å². The van der Waals surface area contributed by atoms with E-state index in [-0.39, 0.29) is 11.9 Å². The molecule has 1 unspecified atom stereocenters. The van der Waals surface area contributed by atoms with Crippen molar-refractivity contribution in [2.24, 2.45) is 0 Å². The molecule has 0 saturated heterocycles. The van der Waals surface area contributed by atoms with Gasteiger partial charge in [-0.25, -0.2) is 0 Å². The number of aromatic nitrogens is 2. The van der Waals surface area contributed by atoms with E-state index in [1.165, 1.54) is 5.56 Å². The molecule has 2 aromatic rings. The van der Waals surface area contributed by atoms with Crippen molar-refractivity contribution in [3.05, 3.63) is 51.8 Å². The topological polar surface area (TPSA) is 57.8 Å². The number of aromatic amines is 1. The first-order chi connectivity index (χ1) is 10.2. The number of halogens is 1. The lowest BCUT2D eigenvalue weighted by molar-refractivity contribution is 0.0931. The summed E-state index contributed by atoms with van der Waals surface area (Å²) in [6, 6.07) is 7.74. The second-order valence-corrected chi connectivity index (χ2v) is 5.87.